The molecule has 0 aliphatic rings. The van der Waals surface area contributed by atoms with Crippen LogP contribution in [0.5, 0.6) is 0 Å². The lowest BCUT2D eigenvalue weighted by Crippen LogP contribution is -2.10. The Bertz CT molecular complexity index is 489. The Kier molecular flexibility index (Phi) is 2.38. The van der Waals surface area contributed by atoms with Crippen LogP contribution >= 0.6 is 0 Å². The summed E-state index contributed by atoms with van der Waals surface area (Å²) in [5, 5.41) is 0.953. The number of anilines is 1. The van der Waals surface area contributed by atoms with Crippen molar-refractivity contribution in [1.29, 1.82) is 0 Å². The number of nitrogen functional groups attached to an aromatic ring is 1. The summed E-state index contributed by atoms with van der Waals surface area (Å²) in [4.78, 5) is 8.31. The Morgan fingerprint density at radius 3 is 2.73 bits per heavy atom. The minimum atomic E-state index is 0.371. The van der Waals surface area contributed by atoms with Crippen LogP contribution in [0.15, 0.2) is 12.5 Å². The van der Waals surface area contributed by atoms with Crippen LogP contribution in [0.25, 0.3) is 11.0 Å². The topological polar surface area (TPSA) is 56.7 Å². The van der Waals surface area contributed by atoms with Crippen molar-refractivity contribution in [3.8, 4) is 0 Å². The van der Waals surface area contributed by atoms with E-state index >= 15 is 0 Å². The molecule has 15 heavy (non-hydrogen) atoms. The summed E-state index contributed by atoms with van der Waals surface area (Å²) in [6.45, 7) is 6.24. The average molecular weight is 201 g/mol. The highest BCUT2D eigenvalue weighted by molar-refractivity contribution is 6.56. The van der Waals surface area contributed by atoms with Gasteiger partial charge in [0.2, 0.25) is 0 Å². The van der Waals surface area contributed by atoms with E-state index in [4.69, 9.17) is 5.73 Å². The summed E-state index contributed by atoms with van der Waals surface area (Å²) in [6, 6.07) is 0.371. The van der Waals surface area contributed by atoms with Gasteiger partial charge in [-0.3, -0.25) is 0 Å². The van der Waals surface area contributed by atoms with Crippen molar-refractivity contribution in [2.24, 2.45) is 0 Å². The molecular weight excluding hydrogens is 187 g/mol. The van der Waals surface area contributed by atoms with E-state index in [1.165, 1.54) is 6.33 Å². The van der Waals surface area contributed by atoms with Gasteiger partial charge in [0, 0.05) is 12.2 Å². The van der Waals surface area contributed by atoms with Crippen molar-refractivity contribution in [3.63, 3.8) is 0 Å². The zero-order valence-electron chi connectivity index (χ0n) is 9.23. The molecule has 0 saturated heterocycles. The summed E-state index contributed by atoms with van der Waals surface area (Å²) in [5.74, 6) is 0.549. The first-order chi connectivity index (χ1) is 7.15. The highest BCUT2D eigenvalue weighted by Crippen LogP contribution is 2.19. The fourth-order valence-corrected chi connectivity index (χ4v) is 1.75. The number of nitrogens with zero attached hydrogens (tertiary/aromatic N) is 3. The third-order valence-electron chi connectivity index (χ3n) is 2.54. The summed E-state index contributed by atoms with van der Waals surface area (Å²) < 4.78 is 2.11. The second-order valence-electron chi connectivity index (χ2n) is 3.83. The van der Waals surface area contributed by atoms with Crippen LogP contribution in [-0.2, 0) is 0 Å². The zero-order chi connectivity index (χ0) is 11.0. The van der Waals surface area contributed by atoms with Crippen LogP contribution in [0.2, 0.25) is 6.82 Å². The smallest absolute Gasteiger partial charge is 0.151 e. The standard InChI is InChI=1S/C10H14BN4/c1-6(2)15-4-7(11-3)8-9(12)13-5-14-10(8)15/h4-6H,1-3H3,(H2,12,13,14). The Hall–Kier alpha value is -1.52. The van der Waals surface area contributed by atoms with E-state index in [1.54, 1.807) is 0 Å². The quantitative estimate of drug-likeness (QED) is 0.736. The number of hydrogen-bond acceptors (Lipinski definition) is 3. The van der Waals surface area contributed by atoms with Gasteiger partial charge in [0.25, 0.3) is 0 Å². The maximum absolute atomic E-state index is 5.86. The fraction of sp³-hybridized carbons (Fsp3) is 0.400. The highest BCUT2D eigenvalue weighted by atomic mass is 15.1. The molecular formula is C10H14BN4. The second kappa shape index (κ2) is 3.57. The number of aromatic nitrogens is 3. The van der Waals surface area contributed by atoms with Gasteiger partial charge in [-0.05, 0) is 13.8 Å². The summed E-state index contributed by atoms with van der Waals surface area (Å²) in [6.07, 6.45) is 3.58. The first-order valence-electron chi connectivity index (χ1n) is 5.05. The fourth-order valence-electron chi connectivity index (χ4n) is 1.75. The highest BCUT2D eigenvalue weighted by Gasteiger charge is 2.13. The van der Waals surface area contributed by atoms with Crippen molar-refractivity contribution in [3.05, 3.63) is 12.5 Å². The molecule has 2 N–H and O–H groups in total. The molecule has 0 saturated carbocycles. The van der Waals surface area contributed by atoms with Crippen molar-refractivity contribution >= 4 is 29.6 Å². The van der Waals surface area contributed by atoms with Crippen molar-refractivity contribution in [2.75, 3.05) is 5.73 Å². The van der Waals surface area contributed by atoms with Gasteiger partial charge in [-0.15, -0.1) is 0 Å². The van der Waals surface area contributed by atoms with E-state index in [1.807, 2.05) is 14.1 Å². The predicted octanol–water partition coefficient (Wildman–Crippen LogP) is 0.972. The van der Waals surface area contributed by atoms with Gasteiger partial charge in [-0.2, -0.15) is 0 Å². The maximum Gasteiger partial charge on any atom is 0.151 e. The summed E-state index contributed by atoms with van der Waals surface area (Å²) in [5.41, 5.74) is 7.86. The minimum absolute atomic E-state index is 0.371. The molecule has 2 aromatic rings. The van der Waals surface area contributed by atoms with Crippen LogP contribution in [-0.4, -0.2) is 21.8 Å². The molecule has 4 nitrogen and oxygen atoms in total. The third-order valence-corrected chi connectivity index (χ3v) is 2.54. The van der Waals surface area contributed by atoms with Gasteiger partial charge < -0.3 is 10.3 Å². The van der Waals surface area contributed by atoms with Gasteiger partial charge in [0.15, 0.2) is 7.28 Å². The Balaban J connectivity index is 2.81. The molecule has 2 rings (SSSR count). The van der Waals surface area contributed by atoms with Crippen molar-refractivity contribution in [2.45, 2.75) is 26.7 Å². The molecule has 2 aromatic heterocycles. The van der Waals surface area contributed by atoms with Crippen LogP contribution in [0.3, 0.4) is 0 Å². The largest absolute Gasteiger partial charge is 0.383 e. The molecule has 0 bridgehead atoms. The van der Waals surface area contributed by atoms with Gasteiger partial charge >= 0.3 is 0 Å². The monoisotopic (exact) mass is 201 g/mol. The Morgan fingerprint density at radius 1 is 1.40 bits per heavy atom. The first kappa shape index (κ1) is 10.0. The third kappa shape index (κ3) is 1.48. The lowest BCUT2D eigenvalue weighted by molar-refractivity contribution is 0.618. The van der Waals surface area contributed by atoms with Gasteiger partial charge in [0.05, 0.1) is 5.39 Å². The summed E-state index contributed by atoms with van der Waals surface area (Å²) >= 11 is 0. The molecule has 0 amide bonds. The number of hydrogen-bond donors (Lipinski definition) is 1. The molecule has 5 heteroatoms. The van der Waals surface area contributed by atoms with E-state index in [2.05, 4.69) is 34.6 Å². The molecule has 0 spiro atoms. The van der Waals surface area contributed by atoms with Gasteiger partial charge in [-0.25, -0.2) is 9.97 Å². The maximum atomic E-state index is 5.86. The molecule has 0 unspecified atom stereocenters. The molecule has 0 fully saturated rings. The molecule has 2 heterocycles. The SMILES string of the molecule is C[B]c1cn(C(C)C)c2ncnc(N)c12. The Labute approximate surface area is 89.8 Å². The number of fused-ring (bicyclic) bond motifs is 1. The predicted molar refractivity (Wildman–Crippen MR) is 63.6 cm³/mol. The van der Waals surface area contributed by atoms with E-state index < -0.39 is 0 Å². The Morgan fingerprint density at radius 2 is 2.13 bits per heavy atom. The minimum Gasteiger partial charge on any atom is -0.383 e. The number of nitrogens with two attached hydrogens (primary N) is 1. The molecule has 0 aliphatic heterocycles. The molecule has 77 valence electrons. The van der Waals surface area contributed by atoms with Gasteiger partial charge in [0.1, 0.15) is 17.8 Å². The first-order valence-corrected chi connectivity index (χ1v) is 5.05. The zero-order valence-corrected chi connectivity index (χ0v) is 9.23. The lowest BCUT2D eigenvalue weighted by atomic mass is 9.73. The van der Waals surface area contributed by atoms with Crippen molar-refractivity contribution < 1.29 is 0 Å². The van der Waals surface area contributed by atoms with E-state index in [0.717, 1.165) is 16.5 Å². The molecule has 0 aromatic carbocycles. The average Bonchev–Trinajstić information content (AvgIpc) is 2.58. The van der Waals surface area contributed by atoms with Crippen molar-refractivity contribution in [1.82, 2.24) is 14.5 Å². The molecule has 0 aliphatic carbocycles. The lowest BCUT2D eigenvalue weighted by Gasteiger charge is -2.07. The normalized spacial score (nSPS) is 11.2. The summed E-state index contributed by atoms with van der Waals surface area (Å²) in [7, 11) is 2.03. The van der Waals surface area contributed by atoms with Crippen LogP contribution in [0, 0.1) is 0 Å². The van der Waals surface area contributed by atoms with E-state index in [9.17, 15) is 0 Å². The van der Waals surface area contributed by atoms with Gasteiger partial charge in [-0.1, -0.05) is 12.3 Å². The molecule has 0 atom stereocenters. The second-order valence-corrected chi connectivity index (χ2v) is 3.83. The van der Waals surface area contributed by atoms with Crippen LogP contribution in [0.1, 0.15) is 19.9 Å². The van der Waals surface area contributed by atoms with E-state index in [0.29, 0.717) is 11.9 Å². The van der Waals surface area contributed by atoms with Crippen LogP contribution < -0.4 is 11.2 Å². The van der Waals surface area contributed by atoms with Crippen LogP contribution in [0.4, 0.5) is 5.82 Å². The van der Waals surface area contributed by atoms with E-state index in [-0.39, 0.29) is 0 Å². The number of rotatable bonds is 2. The molecule has 1 radical (unpaired) electrons.